The van der Waals surface area contributed by atoms with Gasteiger partial charge in [-0.25, -0.2) is 0 Å². The lowest BCUT2D eigenvalue weighted by Crippen LogP contribution is -2.39. The van der Waals surface area contributed by atoms with Crippen LogP contribution in [-0.2, 0) is 13.5 Å². The molecule has 0 saturated heterocycles. The van der Waals surface area contributed by atoms with Crippen LogP contribution in [0.3, 0.4) is 0 Å². The zero-order valence-corrected chi connectivity index (χ0v) is 10.4. The normalized spacial score (nSPS) is 18.4. The third-order valence-corrected chi connectivity index (χ3v) is 3.69. The second-order valence-corrected chi connectivity index (χ2v) is 4.92. The topological polar surface area (TPSA) is 29.9 Å². The molecule has 1 aromatic rings. The standard InChI is InChI=1S/C13H23N3/c1-3-14-13(12-5-4-6-12)8-7-11-9-15-16(2)10-11/h9-10,12-14H,3-8H2,1-2H3. The predicted octanol–water partition coefficient (Wildman–Crippen LogP) is 2.13. The maximum absolute atomic E-state index is 4.22. The molecule has 2 rings (SSSR count). The minimum absolute atomic E-state index is 0.721. The SMILES string of the molecule is CCNC(CCc1cnn(C)c1)C1CCC1. The zero-order chi connectivity index (χ0) is 11.4. The van der Waals surface area contributed by atoms with E-state index in [0.717, 1.165) is 24.9 Å². The first kappa shape index (κ1) is 11.6. The molecule has 1 heterocycles. The molecule has 90 valence electrons. The van der Waals surface area contributed by atoms with E-state index in [1.807, 2.05) is 17.9 Å². The van der Waals surface area contributed by atoms with Crippen LogP contribution in [0.4, 0.5) is 0 Å². The van der Waals surface area contributed by atoms with E-state index < -0.39 is 0 Å². The third-order valence-electron chi connectivity index (χ3n) is 3.69. The molecule has 1 aromatic heterocycles. The van der Waals surface area contributed by atoms with E-state index in [1.54, 1.807) is 0 Å². The Morgan fingerprint density at radius 3 is 2.88 bits per heavy atom. The largest absolute Gasteiger partial charge is 0.314 e. The van der Waals surface area contributed by atoms with Crippen LogP contribution in [0.1, 0.15) is 38.2 Å². The number of rotatable bonds is 6. The number of aryl methyl sites for hydroxylation is 2. The fourth-order valence-electron chi connectivity index (χ4n) is 2.53. The molecular weight excluding hydrogens is 198 g/mol. The van der Waals surface area contributed by atoms with Gasteiger partial charge in [-0.3, -0.25) is 4.68 Å². The maximum atomic E-state index is 4.22. The lowest BCUT2D eigenvalue weighted by atomic mass is 9.78. The second kappa shape index (κ2) is 5.48. The summed E-state index contributed by atoms with van der Waals surface area (Å²) >= 11 is 0. The van der Waals surface area contributed by atoms with E-state index in [-0.39, 0.29) is 0 Å². The molecule has 0 amide bonds. The van der Waals surface area contributed by atoms with Gasteiger partial charge in [0.2, 0.25) is 0 Å². The van der Waals surface area contributed by atoms with Gasteiger partial charge in [0.25, 0.3) is 0 Å². The van der Waals surface area contributed by atoms with Crippen LogP contribution in [0.15, 0.2) is 12.4 Å². The molecule has 0 radical (unpaired) electrons. The molecule has 0 aliphatic heterocycles. The quantitative estimate of drug-likeness (QED) is 0.797. The number of hydrogen-bond donors (Lipinski definition) is 1. The molecule has 1 aliphatic rings. The van der Waals surface area contributed by atoms with Crippen molar-refractivity contribution in [2.45, 2.75) is 45.1 Å². The van der Waals surface area contributed by atoms with Crippen LogP contribution >= 0.6 is 0 Å². The van der Waals surface area contributed by atoms with Crippen molar-refractivity contribution in [3.05, 3.63) is 18.0 Å². The first-order valence-electron chi connectivity index (χ1n) is 6.50. The molecule has 3 nitrogen and oxygen atoms in total. The van der Waals surface area contributed by atoms with Crippen molar-refractivity contribution in [2.75, 3.05) is 6.54 Å². The van der Waals surface area contributed by atoms with E-state index in [2.05, 4.69) is 23.5 Å². The monoisotopic (exact) mass is 221 g/mol. The van der Waals surface area contributed by atoms with Crippen molar-refractivity contribution < 1.29 is 0 Å². The fraction of sp³-hybridized carbons (Fsp3) is 0.769. The van der Waals surface area contributed by atoms with Crippen LogP contribution in [0.2, 0.25) is 0 Å². The maximum Gasteiger partial charge on any atom is 0.0521 e. The highest BCUT2D eigenvalue weighted by Crippen LogP contribution is 2.31. The van der Waals surface area contributed by atoms with E-state index in [0.29, 0.717) is 0 Å². The van der Waals surface area contributed by atoms with Gasteiger partial charge in [-0.15, -0.1) is 0 Å². The molecule has 0 spiro atoms. The smallest absolute Gasteiger partial charge is 0.0521 e. The van der Waals surface area contributed by atoms with Crippen molar-refractivity contribution in [2.24, 2.45) is 13.0 Å². The molecule has 16 heavy (non-hydrogen) atoms. The molecule has 1 fully saturated rings. The van der Waals surface area contributed by atoms with Gasteiger partial charge in [0.05, 0.1) is 6.20 Å². The van der Waals surface area contributed by atoms with Gasteiger partial charge in [0, 0.05) is 19.3 Å². The summed E-state index contributed by atoms with van der Waals surface area (Å²) in [6, 6.07) is 0.721. The second-order valence-electron chi connectivity index (χ2n) is 4.92. The van der Waals surface area contributed by atoms with E-state index >= 15 is 0 Å². The predicted molar refractivity (Wildman–Crippen MR) is 66.3 cm³/mol. The van der Waals surface area contributed by atoms with E-state index in [9.17, 15) is 0 Å². The Labute approximate surface area is 98.2 Å². The Hall–Kier alpha value is -0.830. The van der Waals surface area contributed by atoms with Gasteiger partial charge in [-0.05, 0) is 43.7 Å². The molecule has 1 N–H and O–H groups in total. The summed E-state index contributed by atoms with van der Waals surface area (Å²) in [6.07, 6.45) is 10.8. The average molecular weight is 221 g/mol. The van der Waals surface area contributed by atoms with Crippen LogP contribution in [0, 0.1) is 5.92 Å². The van der Waals surface area contributed by atoms with Gasteiger partial charge in [0.1, 0.15) is 0 Å². The van der Waals surface area contributed by atoms with Crippen molar-refractivity contribution in [3.8, 4) is 0 Å². The number of nitrogens with zero attached hydrogens (tertiary/aromatic N) is 2. The van der Waals surface area contributed by atoms with Gasteiger partial charge < -0.3 is 5.32 Å². The minimum Gasteiger partial charge on any atom is -0.314 e. The Kier molecular flexibility index (Phi) is 3.99. The fourth-order valence-corrected chi connectivity index (χ4v) is 2.53. The Balaban J connectivity index is 1.81. The Morgan fingerprint density at radius 1 is 1.56 bits per heavy atom. The summed E-state index contributed by atoms with van der Waals surface area (Å²) in [6.45, 7) is 3.30. The Bertz CT molecular complexity index is 315. The minimum atomic E-state index is 0.721. The van der Waals surface area contributed by atoms with Crippen LogP contribution in [0.25, 0.3) is 0 Å². The molecule has 0 bridgehead atoms. The highest BCUT2D eigenvalue weighted by molar-refractivity contribution is 5.04. The Morgan fingerprint density at radius 2 is 2.38 bits per heavy atom. The molecule has 1 atom stereocenters. The average Bonchev–Trinajstić information content (AvgIpc) is 2.58. The summed E-state index contributed by atoms with van der Waals surface area (Å²) < 4.78 is 1.89. The highest BCUT2D eigenvalue weighted by atomic mass is 15.2. The number of aromatic nitrogens is 2. The molecule has 1 aliphatic carbocycles. The molecule has 1 unspecified atom stereocenters. The lowest BCUT2D eigenvalue weighted by Gasteiger charge is -2.34. The van der Waals surface area contributed by atoms with Crippen LogP contribution in [-0.4, -0.2) is 22.4 Å². The van der Waals surface area contributed by atoms with Crippen molar-refractivity contribution in [1.82, 2.24) is 15.1 Å². The lowest BCUT2D eigenvalue weighted by molar-refractivity contribution is 0.222. The third kappa shape index (κ3) is 2.85. The van der Waals surface area contributed by atoms with E-state index in [1.165, 1.54) is 31.2 Å². The highest BCUT2D eigenvalue weighted by Gasteiger charge is 2.26. The summed E-state index contributed by atoms with van der Waals surface area (Å²) in [5.74, 6) is 0.927. The van der Waals surface area contributed by atoms with Gasteiger partial charge in [-0.1, -0.05) is 13.3 Å². The summed E-state index contributed by atoms with van der Waals surface area (Å²) in [5.41, 5.74) is 1.37. The summed E-state index contributed by atoms with van der Waals surface area (Å²) in [7, 11) is 1.98. The first-order chi connectivity index (χ1) is 7.79. The molecule has 3 heteroatoms. The summed E-state index contributed by atoms with van der Waals surface area (Å²) in [5, 5.41) is 7.85. The van der Waals surface area contributed by atoms with Gasteiger partial charge in [-0.2, -0.15) is 5.10 Å². The van der Waals surface area contributed by atoms with Crippen molar-refractivity contribution in [1.29, 1.82) is 0 Å². The summed E-state index contributed by atoms with van der Waals surface area (Å²) in [4.78, 5) is 0. The zero-order valence-electron chi connectivity index (χ0n) is 10.4. The molecule has 1 saturated carbocycles. The molecular formula is C13H23N3. The van der Waals surface area contributed by atoms with Crippen molar-refractivity contribution in [3.63, 3.8) is 0 Å². The van der Waals surface area contributed by atoms with Gasteiger partial charge in [0.15, 0.2) is 0 Å². The van der Waals surface area contributed by atoms with Gasteiger partial charge >= 0.3 is 0 Å². The van der Waals surface area contributed by atoms with Crippen molar-refractivity contribution >= 4 is 0 Å². The number of nitrogens with one attached hydrogen (secondary N) is 1. The van der Waals surface area contributed by atoms with E-state index in [4.69, 9.17) is 0 Å². The van der Waals surface area contributed by atoms with Crippen LogP contribution < -0.4 is 5.32 Å². The molecule has 0 aromatic carbocycles. The first-order valence-corrected chi connectivity index (χ1v) is 6.50. The number of hydrogen-bond acceptors (Lipinski definition) is 2. The van der Waals surface area contributed by atoms with Crippen LogP contribution in [0.5, 0.6) is 0 Å².